The van der Waals surface area contributed by atoms with Gasteiger partial charge in [-0.25, -0.2) is 0 Å². The van der Waals surface area contributed by atoms with Gasteiger partial charge in [0, 0.05) is 23.8 Å². The van der Waals surface area contributed by atoms with Crippen LogP contribution in [-0.2, 0) is 0 Å². The van der Waals surface area contributed by atoms with Gasteiger partial charge in [0.05, 0.1) is 10.7 Å². The zero-order valence-electron chi connectivity index (χ0n) is 18.5. The topological polar surface area (TPSA) is 56.2 Å². The fraction of sp³-hybridized carbons (Fsp3) is 0.360. The molecule has 1 heterocycles. The Balaban J connectivity index is 1.87. The number of rotatable bonds is 7. The monoisotopic (exact) mass is 477 g/mol. The van der Waals surface area contributed by atoms with Gasteiger partial charge in [0.1, 0.15) is 5.71 Å². The molecular formula is C25H27ClF3N3O. The third-order valence-corrected chi connectivity index (χ3v) is 5.89. The highest BCUT2D eigenvalue weighted by Crippen LogP contribution is 2.29. The maximum Gasteiger partial charge on any atom is 0.432 e. The average molecular weight is 478 g/mol. The summed E-state index contributed by atoms with van der Waals surface area (Å²) in [7, 11) is 0. The molecule has 33 heavy (non-hydrogen) atoms. The second kappa shape index (κ2) is 10.4. The van der Waals surface area contributed by atoms with Crippen molar-refractivity contribution in [3.05, 3.63) is 70.8 Å². The number of hydrogen-bond acceptors (Lipinski definition) is 3. The Morgan fingerprint density at radius 3 is 2.42 bits per heavy atom. The molecule has 0 aromatic heterocycles. The van der Waals surface area contributed by atoms with Crippen molar-refractivity contribution in [3.63, 3.8) is 0 Å². The van der Waals surface area contributed by atoms with E-state index in [2.05, 4.69) is 19.2 Å². The molecule has 1 fully saturated rings. The lowest BCUT2D eigenvalue weighted by atomic mass is 10.0. The molecule has 1 saturated heterocycles. The highest BCUT2D eigenvalue weighted by atomic mass is 35.5. The third-order valence-electron chi connectivity index (χ3n) is 5.56. The Morgan fingerprint density at radius 2 is 1.82 bits per heavy atom. The lowest BCUT2D eigenvalue weighted by Gasteiger charge is -2.26. The highest BCUT2D eigenvalue weighted by Gasteiger charge is 2.33. The SMILES string of the molecule is CC(C)CC1CCCN1C(=O)c1ccc(/C(=C/C(=N)C(F)(F)F)Nc2ccccc2Cl)cc1. The van der Waals surface area contributed by atoms with Crippen molar-refractivity contribution in [3.8, 4) is 0 Å². The Hall–Kier alpha value is -2.80. The fourth-order valence-corrected chi connectivity index (χ4v) is 4.16. The van der Waals surface area contributed by atoms with Gasteiger partial charge in [0.25, 0.3) is 5.91 Å². The van der Waals surface area contributed by atoms with Crippen molar-refractivity contribution in [2.24, 2.45) is 5.92 Å². The first-order valence-electron chi connectivity index (χ1n) is 10.9. The summed E-state index contributed by atoms with van der Waals surface area (Å²) in [5, 5.41) is 10.6. The maximum atomic E-state index is 13.1. The lowest BCUT2D eigenvalue weighted by molar-refractivity contribution is -0.0583. The van der Waals surface area contributed by atoms with Crippen LogP contribution in [-0.4, -0.2) is 35.3 Å². The number of nitrogens with one attached hydrogen (secondary N) is 2. The molecule has 0 bridgehead atoms. The molecule has 176 valence electrons. The van der Waals surface area contributed by atoms with Crippen LogP contribution in [0.25, 0.3) is 5.70 Å². The van der Waals surface area contributed by atoms with Crippen molar-refractivity contribution in [2.45, 2.75) is 45.3 Å². The van der Waals surface area contributed by atoms with Gasteiger partial charge >= 0.3 is 6.18 Å². The van der Waals surface area contributed by atoms with Crippen LogP contribution in [0.4, 0.5) is 18.9 Å². The van der Waals surface area contributed by atoms with Crippen LogP contribution >= 0.6 is 11.6 Å². The molecule has 0 radical (unpaired) electrons. The minimum absolute atomic E-state index is 0.0586. The summed E-state index contributed by atoms with van der Waals surface area (Å²) in [5.74, 6) is 0.413. The van der Waals surface area contributed by atoms with Crippen LogP contribution < -0.4 is 5.32 Å². The molecule has 4 nitrogen and oxygen atoms in total. The van der Waals surface area contributed by atoms with E-state index in [9.17, 15) is 18.0 Å². The maximum absolute atomic E-state index is 13.1. The predicted octanol–water partition coefficient (Wildman–Crippen LogP) is 7.03. The van der Waals surface area contributed by atoms with Crippen LogP contribution in [0, 0.1) is 11.3 Å². The summed E-state index contributed by atoms with van der Waals surface area (Å²) < 4.78 is 39.1. The summed E-state index contributed by atoms with van der Waals surface area (Å²) >= 11 is 6.16. The normalized spacial score (nSPS) is 16.9. The number of para-hydroxylation sites is 1. The molecule has 0 aliphatic carbocycles. The molecule has 1 unspecified atom stereocenters. The number of nitrogens with zero attached hydrogens (tertiary/aromatic N) is 1. The van der Waals surface area contributed by atoms with Crippen LogP contribution in [0.2, 0.25) is 5.02 Å². The quantitative estimate of drug-likeness (QED) is 0.421. The predicted molar refractivity (Wildman–Crippen MR) is 127 cm³/mol. The molecule has 0 saturated carbocycles. The number of carbonyl (C=O) groups excluding carboxylic acids is 1. The molecule has 3 rings (SSSR count). The van der Waals surface area contributed by atoms with E-state index >= 15 is 0 Å². The largest absolute Gasteiger partial charge is 0.432 e. The molecule has 1 aliphatic rings. The lowest BCUT2D eigenvalue weighted by Crippen LogP contribution is -2.36. The van der Waals surface area contributed by atoms with Crippen LogP contribution in [0.1, 0.15) is 49.0 Å². The summed E-state index contributed by atoms with van der Waals surface area (Å²) in [6.07, 6.45) is -1.17. The summed E-state index contributed by atoms with van der Waals surface area (Å²) in [4.78, 5) is 15.0. The molecule has 8 heteroatoms. The van der Waals surface area contributed by atoms with Crippen molar-refractivity contribution in [2.75, 3.05) is 11.9 Å². The first-order chi connectivity index (χ1) is 15.6. The van der Waals surface area contributed by atoms with E-state index in [1.54, 1.807) is 48.5 Å². The minimum Gasteiger partial charge on any atom is -0.354 e. The zero-order valence-corrected chi connectivity index (χ0v) is 19.3. The number of amides is 1. The van der Waals surface area contributed by atoms with Gasteiger partial charge in [0.2, 0.25) is 0 Å². The van der Waals surface area contributed by atoms with E-state index in [1.807, 2.05) is 4.90 Å². The van der Waals surface area contributed by atoms with Gasteiger partial charge in [-0.2, -0.15) is 13.2 Å². The average Bonchev–Trinajstić information content (AvgIpc) is 3.21. The van der Waals surface area contributed by atoms with Crippen LogP contribution in [0.3, 0.4) is 0 Å². The first-order valence-corrected chi connectivity index (χ1v) is 11.2. The Morgan fingerprint density at radius 1 is 1.18 bits per heavy atom. The summed E-state index contributed by atoms with van der Waals surface area (Å²) in [5.41, 5.74) is -0.138. The smallest absolute Gasteiger partial charge is 0.354 e. The van der Waals surface area contributed by atoms with Gasteiger partial charge in [-0.05, 0) is 61.1 Å². The number of alkyl halides is 3. The molecule has 0 spiro atoms. The van der Waals surface area contributed by atoms with Gasteiger partial charge in [-0.15, -0.1) is 0 Å². The third kappa shape index (κ3) is 6.38. The van der Waals surface area contributed by atoms with Crippen molar-refractivity contribution < 1.29 is 18.0 Å². The Bertz CT molecular complexity index is 1030. The van der Waals surface area contributed by atoms with E-state index in [-0.39, 0.29) is 17.6 Å². The number of halogens is 4. The van der Waals surface area contributed by atoms with Crippen molar-refractivity contribution in [1.29, 1.82) is 5.41 Å². The summed E-state index contributed by atoms with van der Waals surface area (Å²) in [6.45, 7) is 4.97. The second-order valence-electron chi connectivity index (χ2n) is 8.58. The van der Waals surface area contributed by atoms with E-state index in [0.717, 1.165) is 25.3 Å². The number of anilines is 1. The number of carbonyl (C=O) groups is 1. The van der Waals surface area contributed by atoms with E-state index in [0.29, 0.717) is 34.3 Å². The van der Waals surface area contributed by atoms with Crippen LogP contribution in [0.5, 0.6) is 0 Å². The molecule has 1 amide bonds. The van der Waals surface area contributed by atoms with Gasteiger partial charge in [-0.3, -0.25) is 10.2 Å². The summed E-state index contributed by atoms with van der Waals surface area (Å²) in [6, 6.07) is 13.3. The standard InChI is InChI=1S/C25H27ClF3N3O/c1-16(2)14-19-6-5-13-32(19)24(33)18-11-9-17(10-12-18)22(15-23(30)25(27,28)29)31-21-8-4-3-7-20(21)26/h3-4,7-12,15-16,19,30-31H,5-6,13-14H2,1-2H3/b22-15-,30-23?. The Labute approximate surface area is 196 Å². The van der Waals surface area contributed by atoms with Gasteiger partial charge < -0.3 is 10.2 Å². The molecule has 2 aromatic rings. The number of allylic oxidation sites excluding steroid dienone is 1. The first kappa shape index (κ1) is 24.8. The van der Waals surface area contributed by atoms with Crippen molar-refractivity contribution in [1.82, 2.24) is 4.90 Å². The fourth-order valence-electron chi connectivity index (χ4n) is 3.98. The van der Waals surface area contributed by atoms with Gasteiger partial charge in [0.15, 0.2) is 0 Å². The second-order valence-corrected chi connectivity index (χ2v) is 8.98. The molecular weight excluding hydrogens is 451 g/mol. The van der Waals surface area contributed by atoms with E-state index in [1.165, 1.54) is 0 Å². The molecule has 2 aromatic carbocycles. The van der Waals surface area contributed by atoms with E-state index < -0.39 is 11.9 Å². The number of hydrogen-bond donors (Lipinski definition) is 2. The van der Waals surface area contributed by atoms with Crippen molar-refractivity contribution >= 4 is 34.6 Å². The number of likely N-dealkylation sites (tertiary alicyclic amines) is 1. The Kier molecular flexibility index (Phi) is 7.84. The highest BCUT2D eigenvalue weighted by molar-refractivity contribution is 6.33. The van der Waals surface area contributed by atoms with Crippen LogP contribution in [0.15, 0.2) is 54.6 Å². The molecule has 2 N–H and O–H groups in total. The molecule has 1 aliphatic heterocycles. The molecule has 1 atom stereocenters. The zero-order chi connectivity index (χ0) is 24.2. The van der Waals surface area contributed by atoms with Gasteiger partial charge in [-0.1, -0.05) is 49.7 Å². The minimum atomic E-state index is -4.79. The number of benzene rings is 2. The van der Waals surface area contributed by atoms with E-state index in [4.69, 9.17) is 17.0 Å².